The van der Waals surface area contributed by atoms with Crippen molar-refractivity contribution in [2.75, 3.05) is 54.5 Å². The van der Waals surface area contributed by atoms with E-state index in [1.54, 1.807) is 12.3 Å². The van der Waals surface area contributed by atoms with Crippen LogP contribution in [0.5, 0.6) is 0 Å². The highest BCUT2D eigenvalue weighted by Gasteiger charge is 2.24. The average Bonchev–Trinajstić information content (AvgIpc) is 3.17. The van der Waals surface area contributed by atoms with Gasteiger partial charge in [0.15, 0.2) is 0 Å². The molecule has 4 rings (SSSR count). The first-order valence-corrected chi connectivity index (χ1v) is 8.86. The molecule has 0 saturated carbocycles. The zero-order valence-electron chi connectivity index (χ0n) is 14.5. The van der Waals surface area contributed by atoms with Gasteiger partial charge in [-0.3, -0.25) is 0 Å². The van der Waals surface area contributed by atoms with E-state index in [0.29, 0.717) is 18.9 Å². The van der Waals surface area contributed by atoms with Gasteiger partial charge < -0.3 is 19.9 Å². The van der Waals surface area contributed by atoms with Gasteiger partial charge >= 0.3 is 0 Å². The number of anilines is 3. The molecular weight excluding hydrogens is 330 g/mol. The van der Waals surface area contributed by atoms with Gasteiger partial charge in [-0.15, -0.1) is 0 Å². The summed E-state index contributed by atoms with van der Waals surface area (Å²) in [5.41, 5.74) is 0.449. The van der Waals surface area contributed by atoms with Crippen LogP contribution in [0.15, 0.2) is 30.5 Å². The van der Waals surface area contributed by atoms with Gasteiger partial charge in [0.1, 0.15) is 23.4 Å². The van der Waals surface area contributed by atoms with Crippen LogP contribution in [0, 0.1) is 11.3 Å². The number of hydrogen-bond acceptors (Lipinski definition) is 8. The minimum Gasteiger partial charge on any atom is -0.378 e. The largest absolute Gasteiger partial charge is 0.378 e. The predicted molar refractivity (Wildman–Crippen MR) is 98.3 cm³/mol. The first kappa shape index (κ1) is 16.5. The van der Waals surface area contributed by atoms with Gasteiger partial charge in [0.05, 0.1) is 13.2 Å². The molecular formula is C18H21N7O. The Morgan fingerprint density at radius 3 is 2.85 bits per heavy atom. The van der Waals surface area contributed by atoms with Crippen LogP contribution in [-0.4, -0.2) is 60.4 Å². The smallest absolute Gasteiger partial charge is 0.227 e. The lowest BCUT2D eigenvalue weighted by molar-refractivity contribution is 0.122. The number of hydrogen-bond donors (Lipinski definition) is 1. The van der Waals surface area contributed by atoms with E-state index < -0.39 is 0 Å². The number of aromatic nitrogens is 3. The topological polar surface area (TPSA) is 90.2 Å². The second-order valence-corrected chi connectivity index (χ2v) is 6.41. The summed E-state index contributed by atoms with van der Waals surface area (Å²) in [5, 5.41) is 12.5. The van der Waals surface area contributed by atoms with Gasteiger partial charge in [0.25, 0.3) is 0 Å². The van der Waals surface area contributed by atoms with Crippen LogP contribution in [0.2, 0.25) is 0 Å². The number of nitrogens with zero attached hydrogens (tertiary/aromatic N) is 6. The molecule has 1 atom stereocenters. The van der Waals surface area contributed by atoms with Crippen molar-refractivity contribution in [3.05, 3.63) is 36.2 Å². The molecule has 0 amide bonds. The molecule has 0 aromatic carbocycles. The molecule has 134 valence electrons. The Morgan fingerprint density at radius 1 is 1.12 bits per heavy atom. The van der Waals surface area contributed by atoms with Gasteiger partial charge in [-0.2, -0.15) is 10.2 Å². The maximum absolute atomic E-state index is 9.02. The van der Waals surface area contributed by atoms with Crippen molar-refractivity contribution >= 4 is 17.6 Å². The van der Waals surface area contributed by atoms with Crippen LogP contribution in [0.3, 0.4) is 0 Å². The van der Waals surface area contributed by atoms with Crippen LogP contribution in [0.1, 0.15) is 12.1 Å². The number of rotatable bonds is 4. The van der Waals surface area contributed by atoms with Gasteiger partial charge in [0, 0.05) is 38.4 Å². The SMILES string of the molecule is N#Cc1cccc(N2CCC(Nc3ccnc(N4CCOCC4)n3)C2)n1. The first-order valence-electron chi connectivity index (χ1n) is 8.86. The molecule has 4 heterocycles. The Morgan fingerprint density at radius 2 is 2.00 bits per heavy atom. The molecule has 2 aliphatic heterocycles. The number of pyridine rings is 1. The minimum atomic E-state index is 0.287. The Balaban J connectivity index is 1.40. The summed E-state index contributed by atoms with van der Waals surface area (Å²) in [6.45, 7) is 4.81. The van der Waals surface area contributed by atoms with Gasteiger partial charge in [-0.05, 0) is 24.6 Å². The van der Waals surface area contributed by atoms with Crippen molar-refractivity contribution in [2.24, 2.45) is 0 Å². The fourth-order valence-corrected chi connectivity index (χ4v) is 3.30. The Labute approximate surface area is 152 Å². The standard InChI is InChI=1S/C18H21N7O/c19-12-14-2-1-3-17(22-14)25-7-5-15(13-25)21-16-4-6-20-18(23-16)24-8-10-26-11-9-24/h1-4,6,15H,5,7-11,13H2,(H,20,21,23). The lowest BCUT2D eigenvalue weighted by atomic mass is 10.2. The second kappa shape index (κ2) is 7.54. The predicted octanol–water partition coefficient (Wildman–Crippen LogP) is 1.27. The Hall–Kier alpha value is -2.92. The third kappa shape index (κ3) is 3.68. The molecule has 1 N–H and O–H groups in total. The zero-order valence-corrected chi connectivity index (χ0v) is 14.5. The van der Waals surface area contributed by atoms with Gasteiger partial charge in [0.2, 0.25) is 5.95 Å². The molecule has 2 saturated heterocycles. The first-order chi connectivity index (χ1) is 12.8. The molecule has 0 aliphatic carbocycles. The van der Waals surface area contributed by atoms with Crippen molar-refractivity contribution in [1.82, 2.24) is 15.0 Å². The summed E-state index contributed by atoms with van der Waals surface area (Å²) < 4.78 is 5.38. The summed E-state index contributed by atoms with van der Waals surface area (Å²) in [6.07, 6.45) is 2.79. The van der Waals surface area contributed by atoms with E-state index in [4.69, 9.17) is 10.00 Å². The molecule has 8 nitrogen and oxygen atoms in total. The van der Waals surface area contributed by atoms with E-state index in [0.717, 1.165) is 50.2 Å². The van der Waals surface area contributed by atoms with E-state index in [-0.39, 0.29) is 6.04 Å². The summed E-state index contributed by atoms with van der Waals surface area (Å²) in [5.74, 6) is 2.44. The molecule has 2 aromatic heterocycles. The van der Waals surface area contributed by atoms with E-state index in [1.807, 2.05) is 18.2 Å². The maximum atomic E-state index is 9.02. The molecule has 0 bridgehead atoms. The molecule has 2 fully saturated rings. The second-order valence-electron chi connectivity index (χ2n) is 6.41. The molecule has 2 aliphatic rings. The maximum Gasteiger partial charge on any atom is 0.227 e. The lowest BCUT2D eigenvalue weighted by Crippen LogP contribution is -2.37. The van der Waals surface area contributed by atoms with Crippen molar-refractivity contribution in [3.63, 3.8) is 0 Å². The van der Waals surface area contributed by atoms with E-state index in [2.05, 4.69) is 36.1 Å². The zero-order chi connectivity index (χ0) is 17.8. The van der Waals surface area contributed by atoms with Crippen LogP contribution >= 0.6 is 0 Å². The van der Waals surface area contributed by atoms with Crippen LogP contribution in [0.4, 0.5) is 17.6 Å². The molecule has 0 spiro atoms. The van der Waals surface area contributed by atoms with Crippen molar-refractivity contribution in [2.45, 2.75) is 12.5 Å². The van der Waals surface area contributed by atoms with Gasteiger partial charge in [-0.25, -0.2) is 9.97 Å². The number of ether oxygens (including phenoxy) is 1. The number of morpholine rings is 1. The third-order valence-corrected chi connectivity index (χ3v) is 4.65. The van der Waals surface area contributed by atoms with E-state index >= 15 is 0 Å². The summed E-state index contributed by atoms with van der Waals surface area (Å²) in [7, 11) is 0. The highest BCUT2D eigenvalue weighted by Crippen LogP contribution is 2.21. The monoisotopic (exact) mass is 351 g/mol. The summed E-state index contributed by atoms with van der Waals surface area (Å²) >= 11 is 0. The summed E-state index contributed by atoms with van der Waals surface area (Å²) in [4.78, 5) is 17.8. The summed E-state index contributed by atoms with van der Waals surface area (Å²) in [6, 6.07) is 9.84. The van der Waals surface area contributed by atoms with Crippen LogP contribution < -0.4 is 15.1 Å². The minimum absolute atomic E-state index is 0.287. The highest BCUT2D eigenvalue weighted by molar-refractivity contribution is 5.46. The van der Waals surface area contributed by atoms with Gasteiger partial charge in [-0.1, -0.05) is 6.07 Å². The highest BCUT2D eigenvalue weighted by atomic mass is 16.5. The van der Waals surface area contributed by atoms with Crippen molar-refractivity contribution in [3.8, 4) is 6.07 Å². The van der Waals surface area contributed by atoms with Crippen molar-refractivity contribution in [1.29, 1.82) is 5.26 Å². The third-order valence-electron chi connectivity index (χ3n) is 4.65. The molecule has 2 aromatic rings. The van der Waals surface area contributed by atoms with Crippen molar-refractivity contribution < 1.29 is 4.74 Å². The molecule has 0 radical (unpaired) electrons. The average molecular weight is 351 g/mol. The lowest BCUT2D eigenvalue weighted by Gasteiger charge is -2.27. The quantitative estimate of drug-likeness (QED) is 0.881. The molecule has 1 unspecified atom stereocenters. The van der Waals surface area contributed by atoms with E-state index in [9.17, 15) is 0 Å². The van der Waals surface area contributed by atoms with Crippen LogP contribution in [-0.2, 0) is 4.74 Å². The van der Waals surface area contributed by atoms with E-state index in [1.165, 1.54) is 0 Å². The molecule has 8 heteroatoms. The Bertz CT molecular complexity index is 800. The number of nitrogens with one attached hydrogen (secondary N) is 1. The fraction of sp³-hybridized carbons (Fsp3) is 0.444. The normalized spacial score (nSPS) is 20.0. The molecule has 26 heavy (non-hydrogen) atoms. The fourth-order valence-electron chi connectivity index (χ4n) is 3.30. The number of nitriles is 1. The Kier molecular flexibility index (Phi) is 4.80. The van der Waals surface area contributed by atoms with Crippen LogP contribution in [0.25, 0.3) is 0 Å².